The molecule has 30 heavy (non-hydrogen) atoms. The molecule has 2 amide bonds. The number of carbonyl (C=O) groups is 3. The van der Waals surface area contributed by atoms with Gasteiger partial charge in [0.25, 0.3) is 5.91 Å². The van der Waals surface area contributed by atoms with Crippen molar-refractivity contribution in [2.24, 2.45) is 0 Å². The van der Waals surface area contributed by atoms with Crippen molar-refractivity contribution in [1.29, 1.82) is 0 Å². The number of rotatable bonds is 8. The van der Waals surface area contributed by atoms with Gasteiger partial charge in [-0.2, -0.15) is 0 Å². The van der Waals surface area contributed by atoms with Crippen LogP contribution in [0.5, 0.6) is 0 Å². The number of nitrogens with one attached hydrogen (secondary N) is 1. The van der Waals surface area contributed by atoms with Crippen molar-refractivity contribution < 1.29 is 19.5 Å². The lowest BCUT2D eigenvalue weighted by atomic mass is 10.1. The molecule has 6 nitrogen and oxygen atoms in total. The molecule has 1 saturated heterocycles. The summed E-state index contributed by atoms with van der Waals surface area (Å²) in [6.07, 6.45) is 1.91. The van der Waals surface area contributed by atoms with Crippen LogP contribution in [0.25, 0.3) is 6.08 Å². The molecule has 2 aromatic carbocycles. The summed E-state index contributed by atoms with van der Waals surface area (Å²) in [7, 11) is 0. The second-order valence-electron chi connectivity index (χ2n) is 6.64. The number of carbonyl (C=O) groups excluding carboxylic acids is 2. The highest BCUT2D eigenvalue weighted by atomic mass is 32.2. The van der Waals surface area contributed by atoms with Gasteiger partial charge >= 0.3 is 5.97 Å². The zero-order chi connectivity index (χ0) is 21.5. The highest BCUT2D eigenvalue weighted by Crippen LogP contribution is 2.32. The van der Waals surface area contributed by atoms with E-state index in [9.17, 15) is 19.5 Å². The molecule has 1 fully saturated rings. The molecule has 0 saturated carbocycles. The Labute approximate surface area is 184 Å². The summed E-state index contributed by atoms with van der Waals surface area (Å²) in [5, 5.41) is 11.9. The number of amides is 2. The quantitative estimate of drug-likeness (QED) is 0.485. The lowest BCUT2D eigenvalue weighted by molar-refractivity contribution is -0.141. The molecule has 3 rings (SSSR count). The zero-order valence-electron chi connectivity index (χ0n) is 16.0. The topological polar surface area (TPSA) is 86.7 Å². The van der Waals surface area contributed by atoms with Gasteiger partial charge in [0.2, 0.25) is 5.91 Å². The molecule has 8 heteroatoms. The van der Waals surface area contributed by atoms with Crippen LogP contribution in [0.2, 0.25) is 0 Å². The fourth-order valence-corrected chi connectivity index (χ4v) is 4.23. The van der Waals surface area contributed by atoms with Gasteiger partial charge in [-0.05, 0) is 17.2 Å². The minimum absolute atomic E-state index is 0.0381. The minimum Gasteiger partial charge on any atom is -0.480 e. The minimum atomic E-state index is -1.11. The first-order chi connectivity index (χ1) is 14.4. The predicted octanol–water partition coefficient (Wildman–Crippen LogP) is 3.09. The van der Waals surface area contributed by atoms with Crippen molar-refractivity contribution in [1.82, 2.24) is 10.2 Å². The summed E-state index contributed by atoms with van der Waals surface area (Å²) in [6.45, 7) is 0.0975. The van der Waals surface area contributed by atoms with Crippen molar-refractivity contribution in [3.8, 4) is 0 Å². The first-order valence-electron chi connectivity index (χ1n) is 9.30. The lowest BCUT2D eigenvalue weighted by Crippen LogP contribution is -2.43. The van der Waals surface area contributed by atoms with Crippen LogP contribution < -0.4 is 5.32 Å². The number of thiocarbonyl (C=S) groups is 1. The van der Waals surface area contributed by atoms with E-state index in [1.54, 1.807) is 18.2 Å². The number of hydrogen-bond acceptors (Lipinski definition) is 5. The van der Waals surface area contributed by atoms with Crippen LogP contribution in [-0.2, 0) is 20.8 Å². The number of thioether (sulfide) groups is 1. The maximum absolute atomic E-state index is 12.6. The largest absolute Gasteiger partial charge is 0.480 e. The molecule has 1 heterocycles. The number of carboxylic acids is 1. The molecule has 2 aromatic rings. The van der Waals surface area contributed by atoms with Gasteiger partial charge in [-0.15, -0.1) is 0 Å². The van der Waals surface area contributed by atoms with Crippen LogP contribution in [0.15, 0.2) is 65.6 Å². The Hall–Kier alpha value is -2.97. The monoisotopic (exact) mass is 440 g/mol. The first-order valence-corrected chi connectivity index (χ1v) is 10.5. The van der Waals surface area contributed by atoms with Gasteiger partial charge in [-0.25, -0.2) is 4.79 Å². The normalized spacial score (nSPS) is 16.0. The van der Waals surface area contributed by atoms with E-state index in [4.69, 9.17) is 12.2 Å². The smallest absolute Gasteiger partial charge is 0.326 e. The van der Waals surface area contributed by atoms with E-state index in [2.05, 4.69) is 5.32 Å². The maximum Gasteiger partial charge on any atom is 0.326 e. The fourth-order valence-electron chi connectivity index (χ4n) is 2.92. The van der Waals surface area contributed by atoms with Gasteiger partial charge in [0.1, 0.15) is 10.4 Å². The van der Waals surface area contributed by atoms with Crippen molar-refractivity contribution >= 4 is 52.2 Å². The van der Waals surface area contributed by atoms with Crippen LogP contribution in [0.4, 0.5) is 0 Å². The Balaban J connectivity index is 1.57. The fraction of sp³-hybridized carbons (Fsp3) is 0.182. The molecule has 2 N–H and O–H groups in total. The summed E-state index contributed by atoms with van der Waals surface area (Å²) in [5.41, 5.74) is 1.70. The van der Waals surface area contributed by atoms with Gasteiger partial charge in [0, 0.05) is 19.4 Å². The predicted molar refractivity (Wildman–Crippen MR) is 121 cm³/mol. The van der Waals surface area contributed by atoms with Crippen molar-refractivity contribution in [2.75, 3.05) is 6.54 Å². The lowest BCUT2D eigenvalue weighted by Gasteiger charge is -2.17. The van der Waals surface area contributed by atoms with Crippen molar-refractivity contribution in [2.45, 2.75) is 18.9 Å². The standard InChI is InChI=1S/C22H20N2O4S2/c25-19(23-17(21(27)28)13-15-7-3-1-4-8-15)11-12-24-20(26)18(30-22(24)29)14-16-9-5-2-6-10-16/h1-10,14,17H,11-13H2,(H,23,25)(H,27,28)/b18-14+. The van der Waals surface area contributed by atoms with Crippen LogP contribution in [0, 0.1) is 0 Å². The molecule has 1 aliphatic rings. The molecule has 0 bridgehead atoms. The van der Waals surface area contributed by atoms with Crippen LogP contribution in [-0.4, -0.2) is 44.7 Å². The van der Waals surface area contributed by atoms with E-state index in [-0.39, 0.29) is 25.3 Å². The molecule has 154 valence electrons. The Morgan fingerprint density at radius 2 is 1.73 bits per heavy atom. The average Bonchev–Trinajstić information content (AvgIpc) is 3.00. The SMILES string of the molecule is O=C(CCN1C(=O)/C(=C\c2ccccc2)SC1=S)NC(Cc1ccccc1)C(=O)O. The van der Waals surface area contributed by atoms with Crippen molar-refractivity contribution in [3.05, 3.63) is 76.7 Å². The van der Waals surface area contributed by atoms with E-state index in [1.165, 1.54) is 16.7 Å². The number of benzene rings is 2. The average molecular weight is 441 g/mol. The van der Waals surface area contributed by atoms with Gasteiger partial charge in [0.15, 0.2) is 0 Å². The zero-order valence-corrected chi connectivity index (χ0v) is 17.6. The highest BCUT2D eigenvalue weighted by Gasteiger charge is 2.32. The molecular formula is C22H20N2O4S2. The third-order valence-corrected chi connectivity index (χ3v) is 5.83. The number of hydrogen-bond donors (Lipinski definition) is 2. The van der Waals surface area contributed by atoms with E-state index >= 15 is 0 Å². The summed E-state index contributed by atoms with van der Waals surface area (Å²) in [4.78, 5) is 38.3. The second-order valence-corrected chi connectivity index (χ2v) is 8.32. The molecule has 1 unspecified atom stereocenters. The van der Waals surface area contributed by atoms with E-state index in [0.29, 0.717) is 9.23 Å². The van der Waals surface area contributed by atoms with Crippen molar-refractivity contribution in [3.63, 3.8) is 0 Å². The maximum atomic E-state index is 12.6. The summed E-state index contributed by atoms with van der Waals surface area (Å²) in [6, 6.07) is 17.5. The number of nitrogens with zero attached hydrogens (tertiary/aromatic N) is 1. The number of aliphatic carboxylic acids is 1. The molecule has 0 radical (unpaired) electrons. The van der Waals surface area contributed by atoms with E-state index in [0.717, 1.165) is 11.1 Å². The Morgan fingerprint density at radius 3 is 2.37 bits per heavy atom. The third kappa shape index (κ3) is 5.77. The van der Waals surface area contributed by atoms with Gasteiger partial charge < -0.3 is 10.4 Å². The Morgan fingerprint density at radius 1 is 1.10 bits per heavy atom. The molecule has 1 atom stereocenters. The van der Waals surface area contributed by atoms with Crippen LogP contribution in [0.3, 0.4) is 0 Å². The Bertz CT molecular complexity index is 977. The molecular weight excluding hydrogens is 420 g/mol. The first kappa shape index (κ1) is 21.7. The highest BCUT2D eigenvalue weighted by molar-refractivity contribution is 8.26. The van der Waals surface area contributed by atoms with E-state index in [1.807, 2.05) is 48.5 Å². The van der Waals surface area contributed by atoms with Gasteiger partial charge in [0.05, 0.1) is 4.91 Å². The molecule has 0 spiro atoms. The number of carboxylic acid groups (broad SMARTS) is 1. The molecule has 0 aliphatic carbocycles. The Kier molecular flexibility index (Phi) is 7.37. The molecule has 1 aliphatic heterocycles. The third-order valence-electron chi connectivity index (χ3n) is 4.45. The summed E-state index contributed by atoms with van der Waals surface area (Å²) >= 11 is 6.47. The van der Waals surface area contributed by atoms with E-state index < -0.39 is 17.9 Å². The summed E-state index contributed by atoms with van der Waals surface area (Å²) < 4.78 is 0.383. The van der Waals surface area contributed by atoms with Crippen LogP contribution >= 0.6 is 24.0 Å². The second kappa shape index (κ2) is 10.2. The summed E-state index contributed by atoms with van der Waals surface area (Å²) in [5.74, 6) is -1.80. The van der Waals surface area contributed by atoms with Gasteiger partial charge in [-0.1, -0.05) is 84.6 Å². The molecule has 0 aromatic heterocycles. The van der Waals surface area contributed by atoms with Crippen LogP contribution in [0.1, 0.15) is 17.5 Å². The van der Waals surface area contributed by atoms with Gasteiger partial charge in [-0.3, -0.25) is 14.5 Å².